The van der Waals surface area contributed by atoms with Gasteiger partial charge in [-0.1, -0.05) is 15.1 Å². The van der Waals surface area contributed by atoms with Crippen LogP contribution in [-0.4, -0.2) is 8.42 Å². The molecule has 0 atom stereocenters. The molecule has 1 aromatic rings. The minimum Gasteiger partial charge on any atom is -0.358 e. The summed E-state index contributed by atoms with van der Waals surface area (Å²) in [6, 6.07) is 4.15. The summed E-state index contributed by atoms with van der Waals surface area (Å²) in [6.45, 7) is 0.111. The van der Waals surface area contributed by atoms with Crippen LogP contribution in [0.2, 0.25) is 0 Å². The van der Waals surface area contributed by atoms with Gasteiger partial charge in [0.05, 0.1) is 6.54 Å². The van der Waals surface area contributed by atoms with Crippen LogP contribution in [0, 0.1) is 0 Å². The van der Waals surface area contributed by atoms with Crippen LogP contribution in [0.3, 0.4) is 0 Å². The van der Waals surface area contributed by atoms with E-state index in [2.05, 4.69) is 14.2 Å². The molecule has 9 heteroatoms. The average molecular weight is 260 g/mol. The van der Waals surface area contributed by atoms with E-state index in [0.29, 0.717) is 11.1 Å². The summed E-state index contributed by atoms with van der Waals surface area (Å²) in [4.78, 5) is 2.55. The van der Waals surface area contributed by atoms with Crippen molar-refractivity contribution in [3.63, 3.8) is 0 Å². The zero-order valence-electron chi connectivity index (χ0n) is 8.58. The van der Waals surface area contributed by atoms with Crippen LogP contribution in [-0.2, 0) is 23.6 Å². The maximum atomic E-state index is 12.3. The molecule has 0 unspecified atom stereocenters. The summed E-state index contributed by atoms with van der Waals surface area (Å²) in [5, 5.41) is 3.30. The number of hydrogen-bond acceptors (Lipinski definition) is 5. The fraction of sp³-hybridized carbons (Fsp3) is 0.250. The second-order valence-corrected chi connectivity index (χ2v) is 4.01. The summed E-state index contributed by atoms with van der Waals surface area (Å²) in [6.07, 6.45) is 0. The Hall–Kier alpha value is -1.83. The largest absolute Gasteiger partial charge is 0.488 e. The first-order valence-electron chi connectivity index (χ1n) is 4.42. The molecule has 0 aliphatic heterocycles. The smallest absolute Gasteiger partial charge is 0.358 e. The van der Waals surface area contributed by atoms with Crippen molar-refractivity contribution in [3.05, 3.63) is 39.8 Å². The van der Waals surface area contributed by atoms with Crippen LogP contribution >= 0.6 is 0 Å². The molecule has 92 valence electrons. The van der Waals surface area contributed by atoms with Gasteiger partial charge < -0.3 is 9.92 Å². The first-order chi connectivity index (χ1) is 7.94. The number of hydrogen-bond donors (Lipinski definition) is 1. The normalized spacial score (nSPS) is 10.7. The standard InChI is InChI=1S/C8H9FN4O3S/c9-17(14,15)16-8-2-6(4-10)1-7(3-8)5-12-13-11/h1-3H,4-5,10H2. The first-order valence-corrected chi connectivity index (χ1v) is 5.73. The summed E-state index contributed by atoms with van der Waals surface area (Å²) in [7, 11) is -5.08. The molecule has 0 amide bonds. The van der Waals surface area contributed by atoms with Crippen molar-refractivity contribution < 1.29 is 16.5 Å². The Morgan fingerprint density at radius 2 is 2.06 bits per heavy atom. The van der Waals surface area contributed by atoms with Crippen molar-refractivity contribution >= 4 is 10.5 Å². The quantitative estimate of drug-likeness (QED) is 0.374. The maximum absolute atomic E-state index is 12.3. The van der Waals surface area contributed by atoms with E-state index in [1.54, 1.807) is 6.07 Å². The fourth-order valence-electron chi connectivity index (χ4n) is 1.21. The van der Waals surface area contributed by atoms with Crippen molar-refractivity contribution in [2.24, 2.45) is 10.8 Å². The average Bonchev–Trinajstić information content (AvgIpc) is 2.23. The zero-order chi connectivity index (χ0) is 12.9. The molecule has 0 radical (unpaired) electrons. The minimum atomic E-state index is -5.08. The topological polar surface area (TPSA) is 118 Å². The van der Waals surface area contributed by atoms with Crippen LogP contribution in [0.1, 0.15) is 11.1 Å². The minimum absolute atomic E-state index is 0.00691. The molecular weight excluding hydrogens is 251 g/mol. The maximum Gasteiger partial charge on any atom is 0.488 e. The Morgan fingerprint density at radius 3 is 2.59 bits per heavy atom. The number of benzene rings is 1. The predicted molar refractivity (Wildman–Crippen MR) is 57.8 cm³/mol. The van der Waals surface area contributed by atoms with Gasteiger partial charge in [0, 0.05) is 11.5 Å². The molecule has 0 fully saturated rings. The van der Waals surface area contributed by atoms with Gasteiger partial charge in [0.2, 0.25) is 0 Å². The highest BCUT2D eigenvalue weighted by molar-refractivity contribution is 7.81. The van der Waals surface area contributed by atoms with E-state index in [0.717, 1.165) is 0 Å². The van der Waals surface area contributed by atoms with Crippen LogP contribution in [0.15, 0.2) is 23.3 Å². The lowest BCUT2D eigenvalue weighted by Crippen LogP contribution is -2.04. The molecule has 0 aliphatic carbocycles. The Bertz CT molecular complexity index is 554. The van der Waals surface area contributed by atoms with E-state index < -0.39 is 10.5 Å². The molecule has 17 heavy (non-hydrogen) atoms. The molecule has 0 saturated carbocycles. The number of nitrogens with two attached hydrogens (primary N) is 1. The Labute approximate surface area is 97.0 Å². The van der Waals surface area contributed by atoms with Gasteiger partial charge in [-0.05, 0) is 28.8 Å². The summed E-state index contributed by atoms with van der Waals surface area (Å²) < 4.78 is 37.1. The van der Waals surface area contributed by atoms with E-state index in [9.17, 15) is 12.3 Å². The van der Waals surface area contributed by atoms with Crippen LogP contribution in [0.4, 0.5) is 3.89 Å². The second-order valence-electron chi connectivity index (χ2n) is 3.05. The molecule has 1 rings (SSSR count). The zero-order valence-corrected chi connectivity index (χ0v) is 9.39. The van der Waals surface area contributed by atoms with Gasteiger partial charge in [-0.25, -0.2) is 0 Å². The van der Waals surface area contributed by atoms with Crippen molar-refractivity contribution in [2.45, 2.75) is 13.1 Å². The Balaban J connectivity index is 3.08. The van der Waals surface area contributed by atoms with Gasteiger partial charge >= 0.3 is 10.5 Å². The first kappa shape index (κ1) is 13.2. The van der Waals surface area contributed by atoms with E-state index in [1.165, 1.54) is 12.1 Å². The highest BCUT2D eigenvalue weighted by Gasteiger charge is 2.11. The van der Waals surface area contributed by atoms with Gasteiger partial charge in [-0.2, -0.15) is 8.42 Å². The second kappa shape index (κ2) is 5.48. The van der Waals surface area contributed by atoms with E-state index >= 15 is 0 Å². The van der Waals surface area contributed by atoms with Crippen molar-refractivity contribution in [2.75, 3.05) is 0 Å². The molecule has 0 saturated heterocycles. The van der Waals surface area contributed by atoms with Crippen molar-refractivity contribution in [3.8, 4) is 5.75 Å². The Kier molecular flexibility index (Phi) is 4.27. The highest BCUT2D eigenvalue weighted by Crippen LogP contribution is 2.20. The lowest BCUT2D eigenvalue weighted by molar-refractivity contribution is 0.439. The third kappa shape index (κ3) is 4.68. The molecule has 0 aromatic heterocycles. The lowest BCUT2D eigenvalue weighted by atomic mass is 10.1. The van der Waals surface area contributed by atoms with Crippen LogP contribution in [0.5, 0.6) is 5.75 Å². The highest BCUT2D eigenvalue weighted by atomic mass is 32.3. The molecule has 0 spiro atoms. The summed E-state index contributed by atoms with van der Waals surface area (Å²) in [5.74, 6) is -0.210. The molecule has 2 N–H and O–H groups in total. The van der Waals surface area contributed by atoms with E-state index in [4.69, 9.17) is 11.3 Å². The lowest BCUT2D eigenvalue weighted by Gasteiger charge is -2.05. The molecule has 7 nitrogen and oxygen atoms in total. The Morgan fingerprint density at radius 1 is 1.41 bits per heavy atom. The van der Waals surface area contributed by atoms with Crippen LogP contribution in [0.25, 0.3) is 10.4 Å². The molecule has 0 bridgehead atoms. The fourth-order valence-corrected chi connectivity index (χ4v) is 1.54. The van der Waals surface area contributed by atoms with E-state index in [-0.39, 0.29) is 18.8 Å². The number of nitrogens with zero attached hydrogens (tertiary/aromatic N) is 3. The SMILES string of the molecule is [N-]=[N+]=NCc1cc(CN)cc(OS(=O)(=O)F)c1. The van der Waals surface area contributed by atoms with Gasteiger partial charge in [-0.15, -0.1) is 0 Å². The van der Waals surface area contributed by atoms with E-state index in [1.807, 2.05) is 0 Å². The van der Waals surface area contributed by atoms with Crippen LogP contribution < -0.4 is 9.92 Å². The molecular formula is C8H9FN4O3S. The molecule has 0 aliphatic rings. The van der Waals surface area contributed by atoms with Gasteiger partial charge in [-0.3, -0.25) is 0 Å². The molecule has 1 aromatic carbocycles. The summed E-state index contributed by atoms with van der Waals surface area (Å²) in [5.41, 5.74) is 14.5. The van der Waals surface area contributed by atoms with Crippen molar-refractivity contribution in [1.82, 2.24) is 0 Å². The van der Waals surface area contributed by atoms with Gasteiger partial charge in [0.15, 0.2) is 0 Å². The van der Waals surface area contributed by atoms with Gasteiger partial charge in [0.1, 0.15) is 5.75 Å². The third-order valence-electron chi connectivity index (χ3n) is 1.77. The number of rotatable bonds is 5. The predicted octanol–water partition coefficient (Wildman–Crippen LogP) is 1.55. The third-order valence-corrected chi connectivity index (χ3v) is 2.17. The monoisotopic (exact) mass is 260 g/mol. The summed E-state index contributed by atoms with van der Waals surface area (Å²) >= 11 is 0. The number of azide groups is 1. The van der Waals surface area contributed by atoms with Crippen molar-refractivity contribution in [1.29, 1.82) is 0 Å². The van der Waals surface area contributed by atoms with Gasteiger partial charge in [0.25, 0.3) is 0 Å². The number of halogens is 1. The molecule has 0 heterocycles.